The van der Waals surface area contributed by atoms with Crippen LogP contribution in [0.4, 0.5) is 13.2 Å². The number of carbonyl (C=O) groups excluding carboxylic acids is 2. The van der Waals surface area contributed by atoms with Crippen molar-refractivity contribution in [3.8, 4) is 11.5 Å². The summed E-state index contributed by atoms with van der Waals surface area (Å²) in [5.41, 5.74) is 0. The summed E-state index contributed by atoms with van der Waals surface area (Å²) in [6.07, 6.45) is 0. The number of carbonyl (C=O) groups is 2. The van der Waals surface area contributed by atoms with E-state index < -0.39 is 42.8 Å². The first-order valence-electron chi connectivity index (χ1n) is 5.58. The van der Waals surface area contributed by atoms with Gasteiger partial charge in [0.2, 0.25) is 0 Å². The number of esters is 2. The quantitative estimate of drug-likeness (QED) is 0.232. The van der Waals surface area contributed by atoms with Crippen molar-refractivity contribution in [2.24, 2.45) is 0 Å². The number of rotatable bonds is 5. The van der Waals surface area contributed by atoms with E-state index in [-0.39, 0.29) is 5.75 Å². The molecular weight excluding hydrogens is 460 g/mol. The van der Waals surface area contributed by atoms with Crippen molar-refractivity contribution < 1.29 is 45.2 Å². The minimum absolute atomic E-state index is 0.280. The van der Waals surface area contributed by atoms with Crippen molar-refractivity contribution >= 4 is 44.6 Å². The van der Waals surface area contributed by atoms with E-state index in [0.29, 0.717) is 12.1 Å². The van der Waals surface area contributed by atoms with E-state index in [9.17, 15) is 31.2 Å². The Morgan fingerprint density at radius 1 is 1.30 bits per heavy atom. The molecular formula is C11H8F3IO7S. The van der Waals surface area contributed by atoms with Crippen molar-refractivity contribution in [2.45, 2.75) is 16.1 Å². The molecule has 1 atom stereocenters. The van der Waals surface area contributed by atoms with Gasteiger partial charge in [-0.3, -0.25) is 9.35 Å². The predicted octanol–water partition coefficient (Wildman–Crippen LogP) is 1.94. The van der Waals surface area contributed by atoms with E-state index >= 15 is 0 Å². The highest BCUT2D eigenvalue weighted by Crippen LogP contribution is 2.27. The van der Waals surface area contributed by atoms with E-state index in [0.717, 1.165) is 6.07 Å². The fourth-order valence-electron chi connectivity index (χ4n) is 1.09. The van der Waals surface area contributed by atoms with Gasteiger partial charge in [-0.25, -0.2) is 9.18 Å². The van der Waals surface area contributed by atoms with Crippen LogP contribution in [0.3, 0.4) is 0 Å². The van der Waals surface area contributed by atoms with Crippen LogP contribution in [-0.4, -0.2) is 34.1 Å². The Bertz CT molecular complexity index is 733. The third-order valence-electron chi connectivity index (χ3n) is 2.21. The lowest BCUT2D eigenvalue weighted by Gasteiger charge is -2.12. The van der Waals surface area contributed by atoms with Gasteiger partial charge in [0.15, 0.2) is 11.6 Å². The van der Waals surface area contributed by atoms with Gasteiger partial charge < -0.3 is 9.47 Å². The van der Waals surface area contributed by atoms with Crippen LogP contribution in [0.15, 0.2) is 18.2 Å². The van der Waals surface area contributed by atoms with Crippen molar-refractivity contribution in [3.05, 3.63) is 24.0 Å². The molecule has 0 aromatic heterocycles. The Balaban J connectivity index is 2.96. The largest absolute Gasteiger partial charge is 0.466 e. The molecule has 0 aliphatic carbocycles. The molecule has 0 fully saturated rings. The topological polar surface area (TPSA) is 107 Å². The number of ether oxygens (including phenoxy) is 2. The summed E-state index contributed by atoms with van der Waals surface area (Å²) in [7, 11) is -6.07. The molecule has 0 saturated carbocycles. The van der Waals surface area contributed by atoms with E-state index in [1.165, 1.54) is 6.92 Å². The van der Waals surface area contributed by atoms with Gasteiger partial charge in [-0.05, 0) is 19.1 Å². The van der Waals surface area contributed by atoms with E-state index in [1.807, 2.05) is 0 Å². The van der Waals surface area contributed by atoms with Crippen molar-refractivity contribution in [3.63, 3.8) is 0 Å². The molecule has 1 rings (SSSR count). The Labute approximate surface area is 141 Å². The summed E-state index contributed by atoms with van der Waals surface area (Å²) in [6.45, 7) is 1.51. The minimum atomic E-state index is -6.07. The number of hydrogen-bond donors (Lipinski definition) is 1. The van der Waals surface area contributed by atoms with Gasteiger partial charge in [0, 0.05) is 6.07 Å². The lowest BCUT2D eigenvalue weighted by molar-refractivity contribution is -0.151. The highest BCUT2D eigenvalue weighted by Gasteiger charge is 2.54. The second-order valence-electron chi connectivity index (χ2n) is 4.01. The molecule has 0 aliphatic rings. The molecule has 1 aromatic rings. The van der Waals surface area contributed by atoms with Gasteiger partial charge in [-0.15, -0.1) is 0 Å². The lowest BCUT2D eigenvalue weighted by Crippen LogP contribution is -2.40. The second-order valence-corrected chi connectivity index (χ2v) is 7.34. The fourth-order valence-corrected chi connectivity index (χ4v) is 1.47. The number of benzene rings is 1. The summed E-state index contributed by atoms with van der Waals surface area (Å²) in [5, 5.41) is -5.26. The fraction of sp³-hybridized carbons (Fsp3) is 0.273. The van der Waals surface area contributed by atoms with Crippen LogP contribution in [0.25, 0.3) is 0 Å². The molecule has 0 heterocycles. The molecule has 12 heteroatoms. The zero-order chi connectivity index (χ0) is 18.0. The highest BCUT2D eigenvalue weighted by molar-refractivity contribution is 14.1. The van der Waals surface area contributed by atoms with E-state index in [1.54, 1.807) is 22.6 Å². The van der Waals surface area contributed by atoms with Gasteiger partial charge in [0.05, 0.1) is 0 Å². The molecule has 0 bridgehead atoms. The molecule has 0 spiro atoms. The van der Waals surface area contributed by atoms with E-state index in [4.69, 9.17) is 9.29 Å². The molecule has 23 heavy (non-hydrogen) atoms. The Kier molecular flexibility index (Phi) is 5.98. The maximum Gasteiger partial charge on any atom is 0.466 e. The SMILES string of the molecule is CC(I)C(=O)Oc1ccc(OC(=O)C(F)(F)S(=O)(=O)O)c(F)c1. The lowest BCUT2D eigenvalue weighted by atomic mass is 10.3. The van der Waals surface area contributed by atoms with Crippen LogP contribution in [0.2, 0.25) is 0 Å². The zero-order valence-electron chi connectivity index (χ0n) is 11.1. The molecule has 0 aliphatic heterocycles. The Hall–Kier alpha value is -1.41. The van der Waals surface area contributed by atoms with Crippen molar-refractivity contribution in [1.29, 1.82) is 0 Å². The molecule has 7 nitrogen and oxygen atoms in total. The number of hydrogen-bond acceptors (Lipinski definition) is 6. The Morgan fingerprint density at radius 2 is 1.87 bits per heavy atom. The molecule has 128 valence electrons. The molecule has 0 saturated heterocycles. The van der Waals surface area contributed by atoms with E-state index in [2.05, 4.69) is 4.74 Å². The standard InChI is InChI=1S/C11H8F3IO7S/c1-5(15)9(16)21-6-2-3-8(7(12)4-6)22-10(17)11(13,14)23(18,19)20/h2-5H,1H3,(H,18,19,20). The maximum atomic E-state index is 13.6. The van der Waals surface area contributed by atoms with Crippen LogP contribution in [0.5, 0.6) is 11.5 Å². The molecule has 1 unspecified atom stereocenters. The van der Waals surface area contributed by atoms with Crippen LogP contribution in [0.1, 0.15) is 6.92 Å². The maximum absolute atomic E-state index is 13.6. The molecule has 1 aromatic carbocycles. The predicted molar refractivity (Wildman–Crippen MR) is 77.6 cm³/mol. The van der Waals surface area contributed by atoms with Gasteiger partial charge in [0.25, 0.3) is 0 Å². The first kappa shape index (κ1) is 19.6. The van der Waals surface area contributed by atoms with Crippen LogP contribution < -0.4 is 9.47 Å². The normalized spacial score (nSPS) is 13.3. The average Bonchev–Trinajstić information content (AvgIpc) is 2.40. The molecule has 0 radical (unpaired) electrons. The molecule has 0 amide bonds. The number of halogens is 4. The highest BCUT2D eigenvalue weighted by atomic mass is 127. The summed E-state index contributed by atoms with van der Waals surface area (Å²) in [5.74, 6) is -6.08. The Morgan fingerprint density at radius 3 is 2.30 bits per heavy atom. The van der Waals surface area contributed by atoms with Gasteiger partial charge in [-0.2, -0.15) is 17.2 Å². The molecule has 1 N–H and O–H groups in total. The number of alkyl halides is 3. The summed E-state index contributed by atoms with van der Waals surface area (Å²) < 4.78 is 76.6. The first-order chi connectivity index (χ1) is 10.4. The monoisotopic (exact) mass is 468 g/mol. The summed E-state index contributed by atoms with van der Waals surface area (Å²) in [4.78, 5) is 22.3. The van der Waals surface area contributed by atoms with Crippen molar-refractivity contribution in [2.75, 3.05) is 0 Å². The van der Waals surface area contributed by atoms with Crippen LogP contribution >= 0.6 is 22.6 Å². The average molecular weight is 468 g/mol. The second kappa shape index (κ2) is 7.00. The van der Waals surface area contributed by atoms with Crippen molar-refractivity contribution in [1.82, 2.24) is 0 Å². The third kappa shape index (κ3) is 4.78. The first-order valence-corrected chi connectivity index (χ1v) is 8.27. The summed E-state index contributed by atoms with van der Waals surface area (Å²) in [6, 6.07) is 2.19. The van der Waals surface area contributed by atoms with Gasteiger partial charge in [0.1, 0.15) is 9.67 Å². The minimum Gasteiger partial charge on any atom is -0.426 e. The summed E-state index contributed by atoms with van der Waals surface area (Å²) >= 11 is 1.74. The van der Waals surface area contributed by atoms with Crippen LogP contribution in [-0.2, 0) is 19.7 Å². The smallest absolute Gasteiger partial charge is 0.426 e. The van der Waals surface area contributed by atoms with Gasteiger partial charge >= 0.3 is 27.3 Å². The van der Waals surface area contributed by atoms with Gasteiger partial charge in [-0.1, -0.05) is 22.6 Å². The van der Waals surface area contributed by atoms with Crippen LogP contribution in [0, 0.1) is 5.82 Å². The zero-order valence-corrected chi connectivity index (χ0v) is 14.1. The third-order valence-corrected chi connectivity index (χ3v) is 3.53.